The summed E-state index contributed by atoms with van der Waals surface area (Å²) in [5.41, 5.74) is 0. The molecule has 0 aliphatic rings. The molecule has 0 aliphatic heterocycles. The molecule has 0 rings (SSSR count). The van der Waals surface area contributed by atoms with Gasteiger partial charge in [0.1, 0.15) is 0 Å². The second kappa shape index (κ2) is 10.1. The molecule has 1 unspecified atom stereocenters. The third-order valence-corrected chi connectivity index (χ3v) is 2.47. The molecule has 0 saturated carbocycles. The van der Waals surface area contributed by atoms with Gasteiger partial charge in [0.15, 0.2) is 0 Å². The zero-order valence-electron chi connectivity index (χ0n) is 11.6. The van der Waals surface area contributed by atoms with E-state index in [9.17, 15) is 0 Å². The smallest absolute Gasteiger partial charge is 0.0722 e. The van der Waals surface area contributed by atoms with E-state index in [-0.39, 0.29) is 0 Å². The maximum atomic E-state index is 5.84. The molecule has 0 aromatic heterocycles. The third kappa shape index (κ3) is 9.13. The summed E-state index contributed by atoms with van der Waals surface area (Å²) in [6.45, 7) is 12.4. The molecule has 0 aliphatic carbocycles. The second-order valence-corrected chi connectivity index (χ2v) is 5.05. The fourth-order valence-corrected chi connectivity index (χ4v) is 1.44. The molecule has 0 amide bonds. The Morgan fingerprint density at radius 2 is 1.69 bits per heavy atom. The Balaban J connectivity index is 3.63. The van der Waals surface area contributed by atoms with Gasteiger partial charge in [-0.25, -0.2) is 0 Å². The van der Waals surface area contributed by atoms with Gasteiger partial charge in [-0.3, -0.25) is 0 Å². The second-order valence-electron chi connectivity index (χ2n) is 5.05. The van der Waals surface area contributed by atoms with Crippen LogP contribution in [0.5, 0.6) is 0 Å². The Morgan fingerprint density at radius 3 is 2.19 bits per heavy atom. The molecule has 0 aromatic rings. The minimum atomic E-state index is 0.315. The van der Waals surface area contributed by atoms with Crippen LogP contribution < -0.4 is 5.32 Å². The average molecular weight is 231 g/mol. The zero-order valence-corrected chi connectivity index (χ0v) is 11.6. The molecule has 0 fully saturated rings. The first-order valence-corrected chi connectivity index (χ1v) is 6.39. The summed E-state index contributed by atoms with van der Waals surface area (Å²) in [5.74, 6) is 1.25. The Morgan fingerprint density at radius 1 is 1.00 bits per heavy atom. The normalized spacial score (nSPS) is 13.7. The molecule has 0 spiro atoms. The highest BCUT2D eigenvalue weighted by atomic mass is 16.5. The Labute approximate surface area is 101 Å². The van der Waals surface area contributed by atoms with Crippen LogP contribution in [0.25, 0.3) is 0 Å². The minimum Gasteiger partial charge on any atom is -0.385 e. The Bertz CT molecular complexity index is 149. The summed E-state index contributed by atoms with van der Waals surface area (Å²) in [5, 5.41) is 3.45. The summed E-state index contributed by atoms with van der Waals surface area (Å²) in [6.07, 6.45) is 1.29. The SMILES string of the molecule is COCCCOC(CNCC(C)C)C(C)C. The quantitative estimate of drug-likeness (QED) is 0.585. The highest BCUT2D eigenvalue weighted by Crippen LogP contribution is 2.06. The van der Waals surface area contributed by atoms with E-state index >= 15 is 0 Å². The lowest BCUT2D eigenvalue weighted by molar-refractivity contribution is 0.0129. The lowest BCUT2D eigenvalue weighted by atomic mass is 10.1. The fraction of sp³-hybridized carbons (Fsp3) is 1.00. The predicted octanol–water partition coefficient (Wildman–Crippen LogP) is 2.31. The lowest BCUT2D eigenvalue weighted by Gasteiger charge is -2.22. The molecule has 0 bridgehead atoms. The van der Waals surface area contributed by atoms with Crippen LogP contribution in [0.1, 0.15) is 34.1 Å². The van der Waals surface area contributed by atoms with Crippen molar-refractivity contribution in [2.75, 3.05) is 33.4 Å². The standard InChI is InChI=1S/C13H29NO2/c1-11(2)9-14-10-13(12(3)4)16-8-6-7-15-5/h11-14H,6-10H2,1-5H3. The van der Waals surface area contributed by atoms with Crippen LogP contribution in [-0.4, -0.2) is 39.5 Å². The molecule has 0 aromatic carbocycles. The van der Waals surface area contributed by atoms with Crippen molar-refractivity contribution in [2.45, 2.75) is 40.2 Å². The van der Waals surface area contributed by atoms with E-state index in [1.807, 2.05) is 0 Å². The van der Waals surface area contributed by atoms with E-state index in [0.29, 0.717) is 17.9 Å². The van der Waals surface area contributed by atoms with Gasteiger partial charge in [-0.2, -0.15) is 0 Å². The molecule has 3 heteroatoms. The van der Waals surface area contributed by atoms with Crippen molar-refractivity contribution in [2.24, 2.45) is 11.8 Å². The molecule has 3 nitrogen and oxygen atoms in total. The van der Waals surface area contributed by atoms with Crippen LogP contribution in [0.15, 0.2) is 0 Å². The molecule has 98 valence electrons. The van der Waals surface area contributed by atoms with Crippen molar-refractivity contribution in [3.63, 3.8) is 0 Å². The van der Waals surface area contributed by atoms with Crippen molar-refractivity contribution < 1.29 is 9.47 Å². The van der Waals surface area contributed by atoms with Crippen molar-refractivity contribution >= 4 is 0 Å². The van der Waals surface area contributed by atoms with Crippen molar-refractivity contribution in [3.8, 4) is 0 Å². The lowest BCUT2D eigenvalue weighted by Crippen LogP contribution is -2.35. The van der Waals surface area contributed by atoms with Gasteiger partial charge >= 0.3 is 0 Å². The first-order chi connectivity index (χ1) is 7.57. The minimum absolute atomic E-state index is 0.315. The number of hydrogen-bond acceptors (Lipinski definition) is 3. The van der Waals surface area contributed by atoms with Crippen molar-refractivity contribution in [3.05, 3.63) is 0 Å². The van der Waals surface area contributed by atoms with Gasteiger partial charge in [0.25, 0.3) is 0 Å². The summed E-state index contributed by atoms with van der Waals surface area (Å²) in [7, 11) is 1.73. The summed E-state index contributed by atoms with van der Waals surface area (Å²) >= 11 is 0. The maximum absolute atomic E-state index is 5.84. The number of hydrogen-bond donors (Lipinski definition) is 1. The summed E-state index contributed by atoms with van der Waals surface area (Å²) in [4.78, 5) is 0. The first-order valence-electron chi connectivity index (χ1n) is 6.39. The van der Waals surface area contributed by atoms with Crippen LogP contribution in [0.2, 0.25) is 0 Å². The fourth-order valence-electron chi connectivity index (χ4n) is 1.44. The van der Waals surface area contributed by atoms with E-state index < -0.39 is 0 Å². The van der Waals surface area contributed by atoms with E-state index in [0.717, 1.165) is 32.7 Å². The molecular weight excluding hydrogens is 202 g/mol. The highest BCUT2D eigenvalue weighted by Gasteiger charge is 2.13. The third-order valence-electron chi connectivity index (χ3n) is 2.47. The van der Waals surface area contributed by atoms with Gasteiger partial charge in [-0.05, 0) is 24.8 Å². The molecule has 1 atom stereocenters. The van der Waals surface area contributed by atoms with Gasteiger partial charge in [0.2, 0.25) is 0 Å². The van der Waals surface area contributed by atoms with Crippen LogP contribution in [-0.2, 0) is 9.47 Å². The number of rotatable bonds is 10. The van der Waals surface area contributed by atoms with Gasteiger partial charge in [-0.15, -0.1) is 0 Å². The largest absolute Gasteiger partial charge is 0.385 e. The molecule has 1 N–H and O–H groups in total. The van der Waals surface area contributed by atoms with Gasteiger partial charge < -0.3 is 14.8 Å². The molecule has 0 saturated heterocycles. The molecule has 16 heavy (non-hydrogen) atoms. The summed E-state index contributed by atoms with van der Waals surface area (Å²) < 4.78 is 10.8. The maximum Gasteiger partial charge on any atom is 0.0722 e. The van der Waals surface area contributed by atoms with Crippen LogP contribution in [0.4, 0.5) is 0 Å². The van der Waals surface area contributed by atoms with Crippen LogP contribution >= 0.6 is 0 Å². The van der Waals surface area contributed by atoms with Crippen molar-refractivity contribution in [1.82, 2.24) is 5.32 Å². The average Bonchev–Trinajstić information content (AvgIpc) is 2.20. The van der Waals surface area contributed by atoms with E-state index in [1.54, 1.807) is 7.11 Å². The van der Waals surface area contributed by atoms with Gasteiger partial charge in [-0.1, -0.05) is 27.7 Å². The van der Waals surface area contributed by atoms with Crippen LogP contribution in [0.3, 0.4) is 0 Å². The molecule has 0 radical (unpaired) electrons. The van der Waals surface area contributed by atoms with E-state index in [2.05, 4.69) is 33.0 Å². The van der Waals surface area contributed by atoms with Gasteiger partial charge in [0.05, 0.1) is 6.10 Å². The predicted molar refractivity (Wildman–Crippen MR) is 68.8 cm³/mol. The van der Waals surface area contributed by atoms with E-state index in [1.165, 1.54) is 0 Å². The first kappa shape index (κ1) is 15.9. The molecule has 0 heterocycles. The van der Waals surface area contributed by atoms with Crippen molar-refractivity contribution in [1.29, 1.82) is 0 Å². The zero-order chi connectivity index (χ0) is 12.4. The molecular formula is C13H29NO2. The topological polar surface area (TPSA) is 30.5 Å². The van der Waals surface area contributed by atoms with Gasteiger partial charge in [0, 0.05) is 26.9 Å². The highest BCUT2D eigenvalue weighted by molar-refractivity contribution is 4.66. The monoisotopic (exact) mass is 231 g/mol. The number of ether oxygens (including phenoxy) is 2. The van der Waals surface area contributed by atoms with E-state index in [4.69, 9.17) is 9.47 Å². The Kier molecular flexibility index (Phi) is 9.99. The number of methoxy groups -OCH3 is 1. The number of nitrogens with one attached hydrogen (secondary N) is 1. The van der Waals surface area contributed by atoms with Crippen LogP contribution in [0, 0.1) is 11.8 Å². The Hall–Kier alpha value is -0.120. The summed E-state index contributed by atoms with van der Waals surface area (Å²) in [6, 6.07) is 0.